The van der Waals surface area contributed by atoms with Crippen LogP contribution in [0.5, 0.6) is 5.75 Å². The molecule has 0 saturated carbocycles. The largest absolute Gasteiger partial charge is 0.495 e. The lowest BCUT2D eigenvalue weighted by Crippen LogP contribution is -2.23. The van der Waals surface area contributed by atoms with Crippen molar-refractivity contribution in [3.63, 3.8) is 0 Å². The van der Waals surface area contributed by atoms with Crippen LogP contribution in [-0.2, 0) is 4.79 Å². The normalized spacial score (nSPS) is 11.2. The highest BCUT2D eigenvalue weighted by atomic mass is 35.5. The second-order valence-corrected chi connectivity index (χ2v) is 9.84. The number of ether oxygens (including phenoxy) is 1. The van der Waals surface area contributed by atoms with Crippen LogP contribution in [0.15, 0.2) is 70.6 Å². The first-order valence-electron chi connectivity index (χ1n) is 11.2. The quantitative estimate of drug-likeness (QED) is 0.216. The molecular weight excluding hydrogens is 496 g/mol. The van der Waals surface area contributed by atoms with Gasteiger partial charge in [-0.1, -0.05) is 47.6 Å². The fourth-order valence-corrected chi connectivity index (χ4v) is 5.22. The number of aryl methyl sites for hydroxylation is 2. The Morgan fingerprint density at radius 1 is 1.11 bits per heavy atom. The zero-order valence-electron chi connectivity index (χ0n) is 19.9. The van der Waals surface area contributed by atoms with Gasteiger partial charge in [0.1, 0.15) is 16.8 Å². The minimum absolute atomic E-state index is 0.0285. The Balaban J connectivity index is 1.57. The molecule has 1 amide bonds. The molecule has 2 aromatic heterocycles. The van der Waals surface area contributed by atoms with Gasteiger partial charge in [0.05, 0.1) is 24.2 Å². The molecule has 3 aromatic carbocycles. The molecular formula is C27H23ClN4O3S. The molecule has 0 unspecified atom stereocenters. The van der Waals surface area contributed by atoms with Crippen molar-refractivity contribution in [1.82, 2.24) is 14.5 Å². The summed E-state index contributed by atoms with van der Waals surface area (Å²) >= 11 is 7.28. The molecule has 182 valence electrons. The number of aromatic nitrogens is 3. The molecule has 7 nitrogen and oxygen atoms in total. The molecule has 0 fully saturated rings. The van der Waals surface area contributed by atoms with E-state index in [0.717, 1.165) is 22.0 Å². The first-order chi connectivity index (χ1) is 17.3. The predicted octanol–water partition coefficient (Wildman–Crippen LogP) is 5.88. The molecule has 2 N–H and O–H groups in total. The van der Waals surface area contributed by atoms with E-state index in [1.807, 2.05) is 56.3 Å². The van der Waals surface area contributed by atoms with Gasteiger partial charge in [0.2, 0.25) is 5.91 Å². The van der Waals surface area contributed by atoms with E-state index in [1.54, 1.807) is 22.8 Å². The molecule has 0 bridgehead atoms. The number of H-pyrrole nitrogens is 1. The molecule has 2 heterocycles. The number of hydrogen-bond acceptors (Lipinski definition) is 5. The second-order valence-electron chi connectivity index (χ2n) is 8.46. The van der Waals surface area contributed by atoms with Crippen LogP contribution in [-0.4, -0.2) is 33.3 Å². The van der Waals surface area contributed by atoms with E-state index in [0.29, 0.717) is 38.3 Å². The number of amides is 1. The second kappa shape index (κ2) is 9.72. The number of carbonyl (C=O) groups excluding carboxylic acids is 1. The zero-order chi connectivity index (χ0) is 25.4. The van der Waals surface area contributed by atoms with Crippen LogP contribution in [0.4, 0.5) is 5.69 Å². The van der Waals surface area contributed by atoms with Crippen LogP contribution >= 0.6 is 23.4 Å². The van der Waals surface area contributed by atoms with Gasteiger partial charge in [-0.15, -0.1) is 0 Å². The highest BCUT2D eigenvalue weighted by molar-refractivity contribution is 7.99. The molecule has 0 radical (unpaired) electrons. The minimum atomic E-state index is -0.277. The number of carbonyl (C=O) groups is 1. The summed E-state index contributed by atoms with van der Waals surface area (Å²) in [6.45, 7) is 3.96. The van der Waals surface area contributed by atoms with Gasteiger partial charge in [0.25, 0.3) is 5.56 Å². The van der Waals surface area contributed by atoms with Crippen molar-refractivity contribution in [3.05, 3.63) is 87.2 Å². The van der Waals surface area contributed by atoms with Gasteiger partial charge >= 0.3 is 0 Å². The smallest absolute Gasteiger partial charge is 0.283 e. The van der Waals surface area contributed by atoms with Gasteiger partial charge in [-0.3, -0.25) is 14.2 Å². The van der Waals surface area contributed by atoms with Crippen LogP contribution in [0.2, 0.25) is 5.02 Å². The van der Waals surface area contributed by atoms with Gasteiger partial charge in [0.15, 0.2) is 5.16 Å². The van der Waals surface area contributed by atoms with Crippen LogP contribution in [0.25, 0.3) is 27.6 Å². The molecule has 0 aliphatic heterocycles. The summed E-state index contributed by atoms with van der Waals surface area (Å²) in [4.78, 5) is 34.7. The highest BCUT2D eigenvalue weighted by Gasteiger charge is 2.19. The number of aromatic amines is 1. The topological polar surface area (TPSA) is 89.0 Å². The summed E-state index contributed by atoms with van der Waals surface area (Å²) in [6.07, 6.45) is 0. The molecule has 0 aliphatic carbocycles. The minimum Gasteiger partial charge on any atom is -0.495 e. The SMILES string of the molecule is COc1ccc(Cl)cc1NC(=O)CSc1nc2c([nH]c3ccccc32)c(=O)n1-c1cc(C)cc(C)c1. The predicted molar refractivity (Wildman–Crippen MR) is 146 cm³/mol. The lowest BCUT2D eigenvalue weighted by atomic mass is 10.1. The Hall–Kier alpha value is -3.75. The summed E-state index contributed by atoms with van der Waals surface area (Å²) in [6, 6.07) is 18.6. The van der Waals surface area contributed by atoms with Gasteiger partial charge in [-0.05, 0) is 61.4 Å². The van der Waals surface area contributed by atoms with Crippen molar-refractivity contribution in [2.24, 2.45) is 0 Å². The maximum atomic E-state index is 13.7. The fraction of sp³-hybridized carbons (Fsp3) is 0.148. The van der Waals surface area contributed by atoms with E-state index < -0.39 is 0 Å². The van der Waals surface area contributed by atoms with E-state index in [1.165, 1.54) is 18.9 Å². The Bertz CT molecular complexity index is 1670. The Morgan fingerprint density at radius 3 is 2.61 bits per heavy atom. The van der Waals surface area contributed by atoms with E-state index >= 15 is 0 Å². The molecule has 0 saturated heterocycles. The molecule has 9 heteroatoms. The average molecular weight is 519 g/mol. The fourth-order valence-electron chi connectivity index (χ4n) is 4.24. The molecule has 36 heavy (non-hydrogen) atoms. The number of fused-ring (bicyclic) bond motifs is 3. The summed E-state index contributed by atoms with van der Waals surface area (Å²) in [5.41, 5.74) is 4.83. The monoisotopic (exact) mass is 518 g/mol. The van der Waals surface area contributed by atoms with Gasteiger partial charge in [0, 0.05) is 15.9 Å². The Morgan fingerprint density at radius 2 is 1.86 bits per heavy atom. The molecule has 0 atom stereocenters. The van der Waals surface area contributed by atoms with Gasteiger partial charge < -0.3 is 15.0 Å². The lowest BCUT2D eigenvalue weighted by molar-refractivity contribution is -0.113. The third-order valence-corrected chi connectivity index (χ3v) is 6.90. The molecule has 5 aromatic rings. The number of nitrogens with zero attached hydrogens (tertiary/aromatic N) is 2. The number of para-hydroxylation sites is 1. The number of halogens is 1. The van der Waals surface area contributed by atoms with Crippen LogP contribution < -0.4 is 15.6 Å². The van der Waals surface area contributed by atoms with Crippen molar-refractivity contribution < 1.29 is 9.53 Å². The maximum absolute atomic E-state index is 13.7. The third kappa shape index (κ3) is 4.57. The van der Waals surface area contributed by atoms with Crippen molar-refractivity contribution in [2.45, 2.75) is 19.0 Å². The Labute approximate surface area is 216 Å². The number of rotatable bonds is 6. The molecule has 0 aliphatic rings. The van der Waals surface area contributed by atoms with E-state index in [-0.39, 0.29) is 17.2 Å². The number of thioether (sulfide) groups is 1. The van der Waals surface area contributed by atoms with Crippen molar-refractivity contribution in [1.29, 1.82) is 0 Å². The van der Waals surface area contributed by atoms with E-state index in [9.17, 15) is 9.59 Å². The number of anilines is 1. The first kappa shape index (κ1) is 24.0. The van der Waals surface area contributed by atoms with Crippen LogP contribution in [0.1, 0.15) is 11.1 Å². The highest BCUT2D eigenvalue weighted by Crippen LogP contribution is 2.29. The Kier molecular flexibility index (Phi) is 6.47. The molecule has 0 spiro atoms. The average Bonchev–Trinajstić information content (AvgIpc) is 3.21. The third-order valence-electron chi connectivity index (χ3n) is 5.73. The number of hydrogen-bond donors (Lipinski definition) is 2. The van der Waals surface area contributed by atoms with Crippen molar-refractivity contribution in [2.75, 3.05) is 18.2 Å². The summed E-state index contributed by atoms with van der Waals surface area (Å²) in [5.74, 6) is 0.255. The lowest BCUT2D eigenvalue weighted by Gasteiger charge is -2.14. The van der Waals surface area contributed by atoms with Gasteiger partial charge in [-0.25, -0.2) is 4.98 Å². The van der Waals surface area contributed by atoms with Gasteiger partial charge in [-0.2, -0.15) is 0 Å². The summed E-state index contributed by atoms with van der Waals surface area (Å²) in [5, 5.41) is 4.60. The molecule has 5 rings (SSSR count). The van der Waals surface area contributed by atoms with Crippen LogP contribution in [0.3, 0.4) is 0 Å². The van der Waals surface area contributed by atoms with E-state index in [2.05, 4.69) is 10.3 Å². The van der Waals surface area contributed by atoms with Crippen molar-refractivity contribution in [3.8, 4) is 11.4 Å². The van der Waals surface area contributed by atoms with Crippen LogP contribution in [0, 0.1) is 13.8 Å². The standard InChI is InChI=1S/C27H23ClN4O3S/c1-15-10-16(2)12-18(11-15)32-26(34)25-24(19-6-4-5-7-20(19)30-25)31-27(32)36-14-23(33)29-21-13-17(28)8-9-22(21)35-3/h4-13,30H,14H2,1-3H3,(H,29,33). The summed E-state index contributed by atoms with van der Waals surface area (Å²) < 4.78 is 6.88. The first-order valence-corrected chi connectivity index (χ1v) is 12.6. The number of methoxy groups -OCH3 is 1. The zero-order valence-corrected chi connectivity index (χ0v) is 21.5. The van der Waals surface area contributed by atoms with E-state index in [4.69, 9.17) is 21.3 Å². The maximum Gasteiger partial charge on any atom is 0.283 e. The number of benzene rings is 3. The summed E-state index contributed by atoms with van der Waals surface area (Å²) in [7, 11) is 1.52. The number of nitrogens with one attached hydrogen (secondary N) is 2. The van der Waals surface area contributed by atoms with Crippen molar-refractivity contribution >= 4 is 56.9 Å².